The lowest BCUT2D eigenvalue weighted by molar-refractivity contribution is 0.657. The zero-order chi connectivity index (χ0) is 20.1. The standard InChI is InChI=1S/C22H13FN6S/c23-20-4-3-19(30-20)13-5-6-26-22-14(13)10-17(27-22)21-15-9-12(1-2-16(15)28-29-21)18-11-24-7-8-25-18/h1-11H,(H,26,27)(H,28,29). The van der Waals surface area contributed by atoms with Gasteiger partial charge < -0.3 is 4.98 Å². The molecule has 8 heteroatoms. The maximum Gasteiger partial charge on any atom is 0.176 e. The number of nitrogens with one attached hydrogen (secondary N) is 2. The van der Waals surface area contributed by atoms with E-state index in [9.17, 15) is 4.39 Å². The number of nitrogens with zero attached hydrogens (tertiary/aromatic N) is 4. The maximum absolute atomic E-state index is 13.6. The summed E-state index contributed by atoms with van der Waals surface area (Å²) in [6.45, 7) is 0. The maximum atomic E-state index is 13.6. The molecule has 0 saturated carbocycles. The smallest absolute Gasteiger partial charge is 0.176 e. The fraction of sp³-hybridized carbons (Fsp3) is 0. The second-order valence-electron chi connectivity index (χ2n) is 6.83. The largest absolute Gasteiger partial charge is 0.338 e. The molecule has 6 rings (SSSR count). The number of aromatic amines is 2. The van der Waals surface area contributed by atoms with E-state index in [4.69, 9.17) is 0 Å². The van der Waals surface area contributed by atoms with Crippen LogP contribution in [0.1, 0.15) is 0 Å². The number of hydrogen-bond donors (Lipinski definition) is 2. The molecule has 0 aliphatic rings. The van der Waals surface area contributed by atoms with Crippen molar-refractivity contribution in [2.75, 3.05) is 0 Å². The van der Waals surface area contributed by atoms with Crippen LogP contribution in [0.3, 0.4) is 0 Å². The summed E-state index contributed by atoms with van der Waals surface area (Å²) in [5, 5.41) is 9.29. The van der Waals surface area contributed by atoms with Crippen molar-refractivity contribution in [3.05, 3.63) is 72.4 Å². The van der Waals surface area contributed by atoms with Crippen molar-refractivity contribution >= 4 is 33.3 Å². The van der Waals surface area contributed by atoms with Crippen molar-refractivity contribution in [3.8, 4) is 33.1 Å². The zero-order valence-electron chi connectivity index (χ0n) is 15.4. The molecule has 0 unspecified atom stereocenters. The van der Waals surface area contributed by atoms with E-state index in [-0.39, 0.29) is 5.13 Å². The predicted molar refractivity (Wildman–Crippen MR) is 115 cm³/mol. The summed E-state index contributed by atoms with van der Waals surface area (Å²) >= 11 is 1.12. The lowest BCUT2D eigenvalue weighted by atomic mass is 10.1. The first-order valence-electron chi connectivity index (χ1n) is 9.24. The van der Waals surface area contributed by atoms with Gasteiger partial charge in [-0.05, 0) is 36.4 Å². The molecule has 2 N–H and O–H groups in total. The predicted octanol–water partition coefficient (Wildman–Crippen LogP) is 5.43. The van der Waals surface area contributed by atoms with Gasteiger partial charge in [0.15, 0.2) is 5.13 Å². The van der Waals surface area contributed by atoms with Crippen molar-refractivity contribution < 1.29 is 4.39 Å². The molecular formula is C22H13FN6S. The van der Waals surface area contributed by atoms with Gasteiger partial charge in [0, 0.05) is 45.4 Å². The van der Waals surface area contributed by atoms with Gasteiger partial charge in [-0.2, -0.15) is 9.49 Å². The highest BCUT2D eigenvalue weighted by Crippen LogP contribution is 2.36. The number of pyridine rings is 1. The minimum absolute atomic E-state index is 0.208. The summed E-state index contributed by atoms with van der Waals surface area (Å²) in [5.74, 6) is 0. The van der Waals surface area contributed by atoms with E-state index in [2.05, 4.69) is 30.1 Å². The highest BCUT2D eigenvalue weighted by molar-refractivity contribution is 7.14. The lowest BCUT2D eigenvalue weighted by Gasteiger charge is -2.00. The van der Waals surface area contributed by atoms with Crippen LogP contribution in [0.15, 0.2) is 67.3 Å². The lowest BCUT2D eigenvalue weighted by Crippen LogP contribution is -1.84. The van der Waals surface area contributed by atoms with Crippen LogP contribution in [-0.4, -0.2) is 30.1 Å². The molecular weight excluding hydrogens is 399 g/mol. The van der Waals surface area contributed by atoms with Crippen LogP contribution < -0.4 is 0 Å². The molecule has 6 nitrogen and oxygen atoms in total. The van der Waals surface area contributed by atoms with Gasteiger partial charge in [-0.25, -0.2) is 4.98 Å². The highest BCUT2D eigenvalue weighted by atomic mass is 32.1. The fourth-order valence-electron chi connectivity index (χ4n) is 3.66. The Morgan fingerprint density at radius 3 is 2.70 bits per heavy atom. The second kappa shape index (κ2) is 6.57. The Morgan fingerprint density at radius 2 is 1.87 bits per heavy atom. The molecule has 0 aliphatic carbocycles. The van der Waals surface area contributed by atoms with Crippen LogP contribution >= 0.6 is 11.3 Å². The Kier molecular flexibility index (Phi) is 3.72. The molecule has 0 bridgehead atoms. The Balaban J connectivity index is 1.52. The fourth-order valence-corrected chi connectivity index (χ4v) is 4.43. The average Bonchev–Trinajstić information content (AvgIpc) is 3.51. The van der Waals surface area contributed by atoms with Gasteiger partial charge in [-0.15, -0.1) is 11.3 Å². The van der Waals surface area contributed by atoms with Crippen LogP contribution in [0.4, 0.5) is 4.39 Å². The van der Waals surface area contributed by atoms with Crippen LogP contribution in [0.2, 0.25) is 0 Å². The number of thiophene rings is 1. The summed E-state index contributed by atoms with van der Waals surface area (Å²) in [6.07, 6.45) is 6.79. The molecule has 0 aliphatic heterocycles. The van der Waals surface area contributed by atoms with E-state index in [0.717, 1.165) is 66.4 Å². The number of halogens is 1. The average molecular weight is 412 g/mol. The molecule has 144 valence electrons. The minimum Gasteiger partial charge on any atom is -0.338 e. The van der Waals surface area contributed by atoms with E-state index in [1.54, 1.807) is 30.9 Å². The molecule has 5 heterocycles. The SMILES string of the molecule is Fc1ccc(-c2ccnc3[nH]c(-c4n[nH]c5ccc(-c6cnccn6)cc45)cc23)s1. The molecule has 0 saturated heterocycles. The molecule has 0 atom stereocenters. The summed E-state index contributed by atoms with van der Waals surface area (Å²) in [4.78, 5) is 17.2. The third-order valence-electron chi connectivity index (χ3n) is 5.05. The van der Waals surface area contributed by atoms with Crippen molar-refractivity contribution in [3.63, 3.8) is 0 Å². The molecule has 0 amide bonds. The molecule has 1 aromatic carbocycles. The van der Waals surface area contributed by atoms with Crippen LogP contribution in [0, 0.1) is 5.13 Å². The van der Waals surface area contributed by atoms with Gasteiger partial charge in [-0.1, -0.05) is 6.07 Å². The van der Waals surface area contributed by atoms with Gasteiger partial charge in [0.25, 0.3) is 0 Å². The van der Waals surface area contributed by atoms with Crippen molar-refractivity contribution in [1.82, 2.24) is 30.1 Å². The normalized spacial score (nSPS) is 11.5. The van der Waals surface area contributed by atoms with E-state index in [1.165, 1.54) is 6.07 Å². The number of hydrogen-bond acceptors (Lipinski definition) is 5. The quantitative estimate of drug-likeness (QED) is 0.406. The Hall–Kier alpha value is -3.91. The first-order chi connectivity index (χ1) is 14.8. The first kappa shape index (κ1) is 17.0. The molecule has 6 aromatic rings. The van der Waals surface area contributed by atoms with Gasteiger partial charge in [0.05, 0.1) is 23.1 Å². The van der Waals surface area contributed by atoms with Gasteiger partial charge in [0.1, 0.15) is 11.3 Å². The monoisotopic (exact) mass is 412 g/mol. The number of H-pyrrole nitrogens is 2. The highest BCUT2D eigenvalue weighted by Gasteiger charge is 2.15. The molecule has 0 fully saturated rings. The molecule has 30 heavy (non-hydrogen) atoms. The van der Waals surface area contributed by atoms with Gasteiger partial charge in [-0.3, -0.25) is 15.1 Å². The Bertz CT molecular complexity index is 1520. The summed E-state index contributed by atoms with van der Waals surface area (Å²) in [5.41, 5.74) is 5.98. The number of fused-ring (bicyclic) bond motifs is 2. The topological polar surface area (TPSA) is 83.1 Å². The third-order valence-corrected chi connectivity index (χ3v) is 5.95. The van der Waals surface area contributed by atoms with Crippen molar-refractivity contribution in [2.24, 2.45) is 0 Å². The Labute approximate surface area is 173 Å². The van der Waals surface area contributed by atoms with Gasteiger partial charge in [0.2, 0.25) is 0 Å². The first-order valence-corrected chi connectivity index (χ1v) is 10.1. The van der Waals surface area contributed by atoms with E-state index in [1.807, 2.05) is 30.3 Å². The van der Waals surface area contributed by atoms with E-state index >= 15 is 0 Å². The zero-order valence-corrected chi connectivity index (χ0v) is 16.2. The summed E-state index contributed by atoms with van der Waals surface area (Å²) < 4.78 is 13.6. The number of aromatic nitrogens is 6. The van der Waals surface area contributed by atoms with Crippen molar-refractivity contribution in [1.29, 1.82) is 0 Å². The molecule has 0 spiro atoms. The second-order valence-corrected chi connectivity index (χ2v) is 7.86. The van der Waals surface area contributed by atoms with E-state index < -0.39 is 0 Å². The van der Waals surface area contributed by atoms with Crippen LogP contribution in [-0.2, 0) is 0 Å². The summed E-state index contributed by atoms with van der Waals surface area (Å²) in [6, 6.07) is 13.2. The third kappa shape index (κ3) is 2.69. The summed E-state index contributed by atoms with van der Waals surface area (Å²) in [7, 11) is 0. The van der Waals surface area contributed by atoms with Crippen LogP contribution in [0.5, 0.6) is 0 Å². The van der Waals surface area contributed by atoms with Gasteiger partial charge >= 0.3 is 0 Å². The van der Waals surface area contributed by atoms with Crippen LogP contribution in [0.25, 0.3) is 55.0 Å². The molecule has 5 aromatic heterocycles. The Morgan fingerprint density at radius 1 is 0.900 bits per heavy atom. The minimum atomic E-state index is -0.208. The number of benzene rings is 1. The number of rotatable bonds is 3. The molecule has 0 radical (unpaired) electrons. The van der Waals surface area contributed by atoms with Crippen molar-refractivity contribution in [2.45, 2.75) is 0 Å². The van der Waals surface area contributed by atoms with E-state index in [0.29, 0.717) is 0 Å².